The molecular weight excluding hydrogens is 332 g/mol. The minimum absolute atomic E-state index is 0.384. The third kappa shape index (κ3) is 4.34. The van der Waals surface area contributed by atoms with Crippen LogP contribution in [0.15, 0.2) is 40.6 Å². The number of amides is 1. The summed E-state index contributed by atoms with van der Waals surface area (Å²) in [5.74, 6) is -1.04. The number of carbonyl (C=O) groups is 2. The van der Waals surface area contributed by atoms with Crippen LogP contribution in [0.1, 0.15) is 22.8 Å². The predicted molar refractivity (Wildman–Crippen MR) is 90.8 cm³/mol. The normalized spacial score (nSPS) is 11.3. The first-order valence-corrected chi connectivity index (χ1v) is 8.79. The fraction of sp³-hybridized carbons (Fsp3) is 0.188. The van der Waals surface area contributed by atoms with Crippen LogP contribution in [0.5, 0.6) is 0 Å². The van der Waals surface area contributed by atoms with E-state index in [1.54, 1.807) is 35.3 Å². The molecule has 7 heteroatoms. The summed E-state index contributed by atoms with van der Waals surface area (Å²) in [5.41, 5.74) is 0.769. The maximum Gasteiger partial charge on any atom is 0.338 e. The summed E-state index contributed by atoms with van der Waals surface area (Å²) in [6.07, 6.45) is 0.983. The summed E-state index contributed by atoms with van der Waals surface area (Å²) >= 11 is 2.81. The van der Waals surface area contributed by atoms with Gasteiger partial charge in [-0.1, -0.05) is 0 Å². The van der Waals surface area contributed by atoms with E-state index in [0.29, 0.717) is 16.1 Å². The molecule has 1 unspecified atom stereocenters. The van der Waals surface area contributed by atoms with Crippen molar-refractivity contribution in [3.63, 3.8) is 0 Å². The maximum absolute atomic E-state index is 12.1. The largest absolute Gasteiger partial charge is 0.449 e. The van der Waals surface area contributed by atoms with Crippen LogP contribution in [0.3, 0.4) is 0 Å². The third-order valence-corrected chi connectivity index (χ3v) is 4.57. The first-order valence-electron chi connectivity index (χ1n) is 6.68. The molecule has 0 aliphatic heterocycles. The Hall–Kier alpha value is -2.30. The van der Waals surface area contributed by atoms with Gasteiger partial charge < -0.3 is 10.1 Å². The number of hydrogen-bond donors (Lipinski definition) is 1. The van der Waals surface area contributed by atoms with E-state index in [1.165, 1.54) is 18.3 Å². The second-order valence-electron chi connectivity index (χ2n) is 4.54. The SMILES string of the molecule is CSc1ccc(C(=O)OC(C)C(=O)Nc2sccc2C#N)cc1. The molecule has 0 saturated heterocycles. The van der Waals surface area contributed by atoms with Gasteiger partial charge in [-0.2, -0.15) is 5.26 Å². The summed E-state index contributed by atoms with van der Waals surface area (Å²) in [7, 11) is 0. The van der Waals surface area contributed by atoms with Crippen molar-refractivity contribution >= 4 is 40.0 Å². The van der Waals surface area contributed by atoms with Crippen LogP contribution < -0.4 is 5.32 Å². The summed E-state index contributed by atoms with van der Waals surface area (Å²) < 4.78 is 5.16. The molecule has 1 amide bonds. The van der Waals surface area contributed by atoms with Gasteiger partial charge in [0.05, 0.1) is 11.1 Å². The number of nitriles is 1. The number of esters is 1. The molecule has 1 aromatic carbocycles. The van der Waals surface area contributed by atoms with Crippen molar-refractivity contribution in [2.24, 2.45) is 0 Å². The summed E-state index contributed by atoms with van der Waals surface area (Å²) in [5, 5.41) is 13.7. The van der Waals surface area contributed by atoms with Gasteiger partial charge in [-0.3, -0.25) is 4.79 Å². The highest BCUT2D eigenvalue weighted by atomic mass is 32.2. The minimum atomic E-state index is -0.962. The lowest BCUT2D eigenvalue weighted by molar-refractivity contribution is -0.123. The lowest BCUT2D eigenvalue weighted by Crippen LogP contribution is -2.29. The lowest BCUT2D eigenvalue weighted by Gasteiger charge is -2.13. The fourth-order valence-corrected chi connectivity index (χ4v) is 2.87. The zero-order valence-electron chi connectivity index (χ0n) is 12.5. The molecule has 23 heavy (non-hydrogen) atoms. The van der Waals surface area contributed by atoms with E-state index in [9.17, 15) is 9.59 Å². The van der Waals surface area contributed by atoms with Crippen LogP contribution in [-0.2, 0) is 9.53 Å². The molecule has 1 heterocycles. The molecule has 2 aromatic rings. The van der Waals surface area contributed by atoms with Crippen LogP contribution in [0, 0.1) is 11.3 Å². The first-order chi connectivity index (χ1) is 11.0. The third-order valence-electron chi connectivity index (χ3n) is 3.00. The van der Waals surface area contributed by atoms with E-state index < -0.39 is 18.0 Å². The molecule has 1 aromatic heterocycles. The molecule has 0 bridgehead atoms. The molecular formula is C16H14N2O3S2. The summed E-state index contributed by atoms with van der Waals surface area (Å²) in [6, 6.07) is 10.5. The number of nitrogens with one attached hydrogen (secondary N) is 1. The Morgan fingerprint density at radius 3 is 2.61 bits per heavy atom. The van der Waals surface area contributed by atoms with Gasteiger partial charge in [0.2, 0.25) is 0 Å². The van der Waals surface area contributed by atoms with Crippen molar-refractivity contribution in [1.82, 2.24) is 0 Å². The Kier molecular flexibility index (Phi) is 5.79. The second-order valence-corrected chi connectivity index (χ2v) is 6.34. The molecule has 0 radical (unpaired) electrons. The van der Waals surface area contributed by atoms with Crippen LogP contribution in [0.25, 0.3) is 0 Å². The van der Waals surface area contributed by atoms with Crippen LogP contribution in [0.2, 0.25) is 0 Å². The van der Waals surface area contributed by atoms with Crippen molar-refractivity contribution in [1.29, 1.82) is 5.26 Å². The van der Waals surface area contributed by atoms with Crippen molar-refractivity contribution in [3.8, 4) is 6.07 Å². The Balaban J connectivity index is 1.97. The number of hydrogen-bond acceptors (Lipinski definition) is 6. The molecule has 0 aliphatic rings. The van der Waals surface area contributed by atoms with Gasteiger partial charge in [0.25, 0.3) is 5.91 Å². The van der Waals surface area contributed by atoms with E-state index in [4.69, 9.17) is 10.00 Å². The number of benzene rings is 1. The molecule has 118 valence electrons. The Bertz CT molecular complexity index is 747. The van der Waals surface area contributed by atoms with E-state index >= 15 is 0 Å². The van der Waals surface area contributed by atoms with Crippen LogP contribution in [-0.4, -0.2) is 24.2 Å². The minimum Gasteiger partial charge on any atom is -0.449 e. The summed E-state index contributed by atoms with van der Waals surface area (Å²) in [4.78, 5) is 25.1. The highest BCUT2D eigenvalue weighted by Crippen LogP contribution is 2.22. The molecule has 0 spiro atoms. The second kappa shape index (κ2) is 7.81. The molecule has 0 fully saturated rings. The highest BCUT2D eigenvalue weighted by Gasteiger charge is 2.20. The first kappa shape index (κ1) is 17.1. The van der Waals surface area contributed by atoms with Crippen LogP contribution in [0.4, 0.5) is 5.00 Å². The number of thiophene rings is 1. The average molecular weight is 346 g/mol. The molecule has 2 rings (SSSR count). The van der Waals surface area contributed by atoms with E-state index in [-0.39, 0.29) is 0 Å². The van der Waals surface area contributed by atoms with E-state index in [0.717, 1.165) is 4.90 Å². The molecule has 0 saturated carbocycles. The van der Waals surface area contributed by atoms with E-state index in [1.807, 2.05) is 24.5 Å². The van der Waals surface area contributed by atoms with Gasteiger partial charge in [0, 0.05) is 4.90 Å². The van der Waals surface area contributed by atoms with Crippen molar-refractivity contribution in [2.45, 2.75) is 17.9 Å². The Morgan fingerprint density at radius 1 is 1.30 bits per heavy atom. The standard InChI is InChI=1S/C16H14N2O3S2/c1-10(14(19)18-15-12(9-17)7-8-23-15)21-16(20)11-3-5-13(22-2)6-4-11/h3-8,10H,1-2H3,(H,18,19). The number of anilines is 1. The topological polar surface area (TPSA) is 79.2 Å². The monoisotopic (exact) mass is 346 g/mol. The molecule has 0 aliphatic carbocycles. The van der Waals surface area contributed by atoms with Gasteiger partial charge in [-0.25, -0.2) is 4.79 Å². The molecule has 1 N–H and O–H groups in total. The van der Waals surface area contributed by atoms with Crippen molar-refractivity contribution < 1.29 is 14.3 Å². The van der Waals surface area contributed by atoms with Crippen molar-refractivity contribution in [3.05, 3.63) is 46.8 Å². The molecule has 5 nitrogen and oxygen atoms in total. The van der Waals surface area contributed by atoms with Crippen molar-refractivity contribution in [2.75, 3.05) is 11.6 Å². The predicted octanol–water partition coefficient (Wildman–Crippen LogP) is 3.53. The summed E-state index contributed by atoms with van der Waals surface area (Å²) in [6.45, 7) is 1.49. The maximum atomic E-state index is 12.1. The number of nitrogens with zero attached hydrogens (tertiary/aromatic N) is 1. The molecule has 1 atom stereocenters. The number of ether oxygens (including phenoxy) is 1. The quantitative estimate of drug-likeness (QED) is 0.662. The Morgan fingerprint density at radius 2 is 2.00 bits per heavy atom. The van der Waals surface area contributed by atoms with Gasteiger partial charge >= 0.3 is 5.97 Å². The number of thioether (sulfide) groups is 1. The van der Waals surface area contributed by atoms with Gasteiger partial charge in [0.1, 0.15) is 11.1 Å². The fourth-order valence-electron chi connectivity index (χ4n) is 1.72. The zero-order valence-corrected chi connectivity index (χ0v) is 14.2. The number of rotatable bonds is 5. The number of carbonyl (C=O) groups excluding carboxylic acids is 2. The van der Waals surface area contributed by atoms with E-state index in [2.05, 4.69) is 5.32 Å². The van der Waals surface area contributed by atoms with Gasteiger partial charge in [-0.15, -0.1) is 23.1 Å². The average Bonchev–Trinajstić information content (AvgIpc) is 3.01. The van der Waals surface area contributed by atoms with Gasteiger partial charge in [-0.05, 0) is 48.9 Å². The highest BCUT2D eigenvalue weighted by molar-refractivity contribution is 7.98. The Labute approximate surface area is 142 Å². The van der Waals surface area contributed by atoms with Crippen LogP contribution >= 0.6 is 23.1 Å². The van der Waals surface area contributed by atoms with Gasteiger partial charge in [0.15, 0.2) is 6.10 Å². The smallest absolute Gasteiger partial charge is 0.338 e. The zero-order chi connectivity index (χ0) is 16.8. The lowest BCUT2D eigenvalue weighted by atomic mass is 10.2.